The molecule has 0 saturated heterocycles. The first kappa shape index (κ1) is 12.9. The van der Waals surface area contributed by atoms with Gasteiger partial charge in [0.05, 0.1) is 13.5 Å². The van der Waals surface area contributed by atoms with Crippen molar-refractivity contribution in [1.29, 1.82) is 0 Å². The van der Waals surface area contributed by atoms with E-state index in [-0.39, 0.29) is 12.2 Å². The largest absolute Gasteiger partial charge is 0.469 e. The van der Waals surface area contributed by atoms with E-state index in [1.807, 2.05) is 0 Å². The van der Waals surface area contributed by atoms with E-state index in [2.05, 4.69) is 4.74 Å². The zero-order chi connectivity index (χ0) is 10.5. The molecular formula is C6H8ClF3O2S. The summed E-state index contributed by atoms with van der Waals surface area (Å²) in [5.74, 6) is -0.543. The average Bonchev–Trinajstić information content (AvgIpc) is 2.02. The summed E-state index contributed by atoms with van der Waals surface area (Å²) in [6.07, 6.45) is -4.50. The second kappa shape index (κ2) is 5.59. The summed E-state index contributed by atoms with van der Waals surface area (Å²) in [7, 11) is 1.18. The van der Waals surface area contributed by atoms with Gasteiger partial charge in [0.2, 0.25) is 0 Å². The number of esters is 1. The van der Waals surface area contributed by atoms with Gasteiger partial charge in [-0.15, -0.1) is 23.4 Å². The number of thioether (sulfide) groups is 1. The minimum Gasteiger partial charge on any atom is -0.469 e. The van der Waals surface area contributed by atoms with Gasteiger partial charge in [-0.1, -0.05) is 0 Å². The van der Waals surface area contributed by atoms with Crippen molar-refractivity contribution >= 4 is 29.3 Å². The Kier molecular flexibility index (Phi) is 5.55. The van der Waals surface area contributed by atoms with E-state index in [9.17, 15) is 18.0 Å². The molecule has 0 heterocycles. The molecule has 0 spiro atoms. The van der Waals surface area contributed by atoms with Crippen LogP contribution in [0.5, 0.6) is 0 Å². The third kappa shape index (κ3) is 6.04. The van der Waals surface area contributed by atoms with Crippen molar-refractivity contribution in [2.45, 2.75) is 17.3 Å². The van der Waals surface area contributed by atoms with E-state index in [4.69, 9.17) is 11.6 Å². The maximum atomic E-state index is 11.8. The van der Waals surface area contributed by atoms with E-state index in [0.717, 1.165) is 0 Å². The molecule has 1 atom stereocenters. The smallest absolute Gasteiger partial charge is 0.413 e. The highest BCUT2D eigenvalue weighted by Crippen LogP contribution is 2.33. The Bertz CT molecular complexity index is 174. The number of methoxy groups -OCH3 is 1. The topological polar surface area (TPSA) is 26.3 Å². The van der Waals surface area contributed by atoms with Gasteiger partial charge in [0.1, 0.15) is 0 Å². The maximum absolute atomic E-state index is 11.8. The van der Waals surface area contributed by atoms with Crippen molar-refractivity contribution in [1.82, 2.24) is 0 Å². The second-order valence-electron chi connectivity index (χ2n) is 2.05. The van der Waals surface area contributed by atoms with E-state index >= 15 is 0 Å². The van der Waals surface area contributed by atoms with Crippen LogP contribution in [-0.4, -0.2) is 29.7 Å². The summed E-state index contributed by atoms with van der Waals surface area (Å²) in [6, 6.07) is 0. The van der Waals surface area contributed by atoms with E-state index in [0.29, 0.717) is 11.8 Å². The molecule has 0 aliphatic carbocycles. The van der Waals surface area contributed by atoms with Crippen LogP contribution >= 0.6 is 23.4 Å². The molecule has 0 fully saturated rings. The summed E-state index contributed by atoms with van der Waals surface area (Å²) in [5.41, 5.74) is 0. The number of alkyl halides is 4. The fraction of sp³-hybridized carbons (Fsp3) is 0.833. The first-order valence-electron chi connectivity index (χ1n) is 3.27. The Labute approximate surface area is 82.8 Å². The molecule has 0 aliphatic heterocycles. The van der Waals surface area contributed by atoms with Gasteiger partial charge in [-0.05, 0) is 0 Å². The van der Waals surface area contributed by atoms with Gasteiger partial charge >= 0.3 is 12.1 Å². The molecule has 0 saturated carbocycles. The molecular weight excluding hydrogens is 229 g/mol. The number of rotatable bonds is 4. The molecule has 1 unspecified atom stereocenters. The van der Waals surface area contributed by atoms with Crippen molar-refractivity contribution in [3.05, 3.63) is 0 Å². The van der Waals surface area contributed by atoms with Gasteiger partial charge in [0, 0.05) is 5.75 Å². The highest BCUT2D eigenvalue weighted by molar-refractivity contribution is 8.01. The van der Waals surface area contributed by atoms with Crippen LogP contribution in [0.2, 0.25) is 0 Å². The molecule has 0 radical (unpaired) electrons. The molecule has 0 rings (SSSR count). The monoisotopic (exact) mass is 236 g/mol. The molecule has 0 amide bonds. The number of hydrogen-bond acceptors (Lipinski definition) is 3. The van der Waals surface area contributed by atoms with Gasteiger partial charge in [0.15, 0.2) is 4.71 Å². The Morgan fingerprint density at radius 3 is 2.54 bits per heavy atom. The summed E-state index contributed by atoms with van der Waals surface area (Å²) in [4.78, 5) is 10.5. The summed E-state index contributed by atoms with van der Waals surface area (Å²) < 4.78 is 37.6. The first-order chi connectivity index (χ1) is 5.88. The molecule has 0 aromatic heterocycles. The zero-order valence-corrected chi connectivity index (χ0v) is 8.30. The Morgan fingerprint density at radius 1 is 1.62 bits per heavy atom. The van der Waals surface area contributed by atoms with Crippen LogP contribution in [0.3, 0.4) is 0 Å². The van der Waals surface area contributed by atoms with Gasteiger partial charge in [-0.25, -0.2) is 0 Å². The Hall–Kier alpha value is -0.100. The number of ether oxygens (including phenoxy) is 1. The minimum absolute atomic E-state index is 0.000347. The van der Waals surface area contributed by atoms with Gasteiger partial charge in [-0.2, -0.15) is 13.2 Å². The molecule has 78 valence electrons. The fourth-order valence-corrected chi connectivity index (χ4v) is 1.39. The lowest BCUT2D eigenvalue weighted by Crippen LogP contribution is -2.20. The maximum Gasteiger partial charge on any atom is 0.413 e. The van der Waals surface area contributed by atoms with E-state index in [1.54, 1.807) is 0 Å². The number of halogens is 4. The summed E-state index contributed by atoms with van der Waals surface area (Å²) >= 11 is 5.44. The second-order valence-corrected chi connectivity index (χ2v) is 3.96. The molecule has 0 aliphatic rings. The number of hydrogen-bond donors (Lipinski definition) is 0. The van der Waals surface area contributed by atoms with E-state index in [1.165, 1.54) is 7.11 Å². The zero-order valence-electron chi connectivity index (χ0n) is 6.73. The SMILES string of the molecule is COC(=O)CCSC(Cl)C(F)(F)F. The Balaban J connectivity index is 3.60. The van der Waals surface area contributed by atoms with Crippen molar-refractivity contribution in [2.24, 2.45) is 0 Å². The van der Waals surface area contributed by atoms with Crippen LogP contribution in [0.15, 0.2) is 0 Å². The minimum atomic E-state index is -4.43. The van der Waals surface area contributed by atoms with Crippen LogP contribution in [0.1, 0.15) is 6.42 Å². The standard InChI is InChI=1S/C6H8ClF3O2S/c1-12-4(11)2-3-13-5(7)6(8,9)10/h5H,2-3H2,1H3. The lowest BCUT2D eigenvalue weighted by molar-refractivity contribution is -0.140. The first-order valence-corrected chi connectivity index (χ1v) is 4.75. The lowest BCUT2D eigenvalue weighted by Gasteiger charge is -2.11. The summed E-state index contributed by atoms with van der Waals surface area (Å²) in [5, 5.41) is 0. The van der Waals surface area contributed by atoms with Crippen LogP contribution in [0.4, 0.5) is 13.2 Å². The molecule has 0 N–H and O–H groups in total. The van der Waals surface area contributed by atoms with Gasteiger partial charge < -0.3 is 4.74 Å². The van der Waals surface area contributed by atoms with Gasteiger partial charge in [0.25, 0.3) is 0 Å². The molecule has 7 heteroatoms. The summed E-state index contributed by atoms with van der Waals surface area (Å²) in [6.45, 7) is 0. The van der Waals surface area contributed by atoms with Crippen molar-refractivity contribution in [2.75, 3.05) is 12.9 Å². The number of carbonyl (C=O) groups is 1. The van der Waals surface area contributed by atoms with Gasteiger partial charge in [-0.3, -0.25) is 4.79 Å². The van der Waals surface area contributed by atoms with E-state index < -0.39 is 16.9 Å². The van der Waals surface area contributed by atoms with Crippen molar-refractivity contribution in [3.63, 3.8) is 0 Å². The van der Waals surface area contributed by atoms with Crippen molar-refractivity contribution in [3.8, 4) is 0 Å². The van der Waals surface area contributed by atoms with Crippen molar-refractivity contribution < 1.29 is 22.7 Å². The fourth-order valence-electron chi connectivity index (χ4n) is 0.442. The third-order valence-corrected chi connectivity index (χ3v) is 2.68. The number of carbonyl (C=O) groups excluding carboxylic acids is 1. The normalized spacial score (nSPS) is 13.9. The quantitative estimate of drug-likeness (QED) is 0.554. The van der Waals surface area contributed by atoms with Crippen LogP contribution in [0.25, 0.3) is 0 Å². The molecule has 0 bridgehead atoms. The third-order valence-electron chi connectivity index (χ3n) is 1.06. The average molecular weight is 237 g/mol. The van der Waals surface area contributed by atoms with Crippen LogP contribution in [-0.2, 0) is 9.53 Å². The Morgan fingerprint density at radius 2 is 2.15 bits per heavy atom. The highest BCUT2D eigenvalue weighted by Gasteiger charge is 2.38. The van der Waals surface area contributed by atoms with Crippen LogP contribution < -0.4 is 0 Å². The predicted molar refractivity (Wildman–Crippen MR) is 44.8 cm³/mol. The highest BCUT2D eigenvalue weighted by atomic mass is 35.5. The molecule has 0 aromatic rings. The molecule has 0 aromatic carbocycles. The predicted octanol–water partition coefficient (Wildman–Crippen LogP) is 2.41. The molecule has 2 nitrogen and oxygen atoms in total. The lowest BCUT2D eigenvalue weighted by atomic mass is 10.5. The molecule has 13 heavy (non-hydrogen) atoms. The van der Waals surface area contributed by atoms with Crippen LogP contribution in [0, 0.1) is 0 Å².